The minimum Gasteiger partial charge on any atom is -0.496 e. The number of aryl methyl sites for hydroxylation is 1. The molecule has 0 radical (unpaired) electrons. The summed E-state index contributed by atoms with van der Waals surface area (Å²) in [6, 6.07) is 0. The Hall–Kier alpha value is -1.13. The van der Waals surface area contributed by atoms with Crippen molar-refractivity contribution in [1.29, 1.82) is 0 Å². The first-order valence-corrected chi connectivity index (χ1v) is 6.72. The zero-order valence-electron chi connectivity index (χ0n) is 12.7. The first-order valence-electron chi connectivity index (χ1n) is 6.72. The number of nitrogens with zero attached hydrogens (tertiary/aromatic N) is 1. The molecule has 2 N–H and O–H groups in total. The van der Waals surface area contributed by atoms with Gasteiger partial charge in [-0.2, -0.15) is 0 Å². The number of aliphatic hydroxyl groups excluding tert-OH is 1. The Morgan fingerprint density at radius 2 is 2.05 bits per heavy atom. The molecule has 0 atom stereocenters. The molecule has 4 nitrogen and oxygen atoms in total. The first kappa shape index (κ1) is 15.9. The third-order valence-electron chi connectivity index (χ3n) is 3.43. The van der Waals surface area contributed by atoms with Crippen molar-refractivity contribution >= 4 is 0 Å². The van der Waals surface area contributed by atoms with E-state index < -0.39 is 0 Å². The van der Waals surface area contributed by atoms with Gasteiger partial charge in [0.05, 0.1) is 12.8 Å². The molecular weight excluding hydrogens is 240 g/mol. The largest absolute Gasteiger partial charge is 0.496 e. The van der Waals surface area contributed by atoms with Crippen LogP contribution in [-0.2, 0) is 6.54 Å². The topological polar surface area (TPSA) is 54.4 Å². The molecule has 0 saturated carbocycles. The SMILES string of the molecule is COc1c(C)cnc(CNCC(C)(C)CCO)c1C. The number of ether oxygens (including phenoxy) is 1. The lowest BCUT2D eigenvalue weighted by Crippen LogP contribution is -2.30. The lowest BCUT2D eigenvalue weighted by Gasteiger charge is -2.24. The van der Waals surface area contributed by atoms with Crippen LogP contribution < -0.4 is 10.1 Å². The number of pyridine rings is 1. The maximum atomic E-state index is 9.00. The lowest BCUT2D eigenvalue weighted by molar-refractivity contribution is 0.207. The van der Waals surface area contributed by atoms with E-state index in [9.17, 15) is 0 Å². The van der Waals surface area contributed by atoms with Crippen LogP contribution in [0.5, 0.6) is 5.75 Å². The van der Waals surface area contributed by atoms with E-state index in [1.807, 2.05) is 20.0 Å². The molecule has 1 rings (SSSR count). The predicted molar refractivity (Wildman–Crippen MR) is 77.5 cm³/mol. The number of rotatable bonds is 7. The fourth-order valence-corrected chi connectivity index (χ4v) is 2.16. The van der Waals surface area contributed by atoms with Crippen molar-refractivity contribution in [2.75, 3.05) is 20.3 Å². The summed E-state index contributed by atoms with van der Waals surface area (Å²) in [5.74, 6) is 0.918. The first-order chi connectivity index (χ1) is 8.91. The summed E-state index contributed by atoms with van der Waals surface area (Å²) in [6.07, 6.45) is 2.64. The predicted octanol–water partition coefficient (Wildman–Crippen LogP) is 2.21. The number of aromatic nitrogens is 1. The minimum atomic E-state index is 0.0947. The summed E-state index contributed by atoms with van der Waals surface area (Å²) in [4.78, 5) is 4.46. The van der Waals surface area contributed by atoms with Gasteiger partial charge >= 0.3 is 0 Å². The summed E-state index contributed by atoms with van der Waals surface area (Å²) in [6.45, 7) is 10.1. The molecule has 0 saturated heterocycles. The van der Waals surface area contributed by atoms with Gasteiger partial charge in [0.2, 0.25) is 0 Å². The lowest BCUT2D eigenvalue weighted by atomic mass is 9.90. The fraction of sp³-hybridized carbons (Fsp3) is 0.667. The van der Waals surface area contributed by atoms with Crippen molar-refractivity contribution in [2.45, 2.75) is 40.7 Å². The van der Waals surface area contributed by atoms with Gasteiger partial charge in [-0.15, -0.1) is 0 Å². The second-order valence-corrected chi connectivity index (χ2v) is 5.79. The molecule has 0 aliphatic carbocycles. The van der Waals surface area contributed by atoms with E-state index >= 15 is 0 Å². The monoisotopic (exact) mass is 266 g/mol. The van der Waals surface area contributed by atoms with Gasteiger partial charge in [-0.25, -0.2) is 0 Å². The quantitative estimate of drug-likeness (QED) is 0.794. The van der Waals surface area contributed by atoms with Crippen molar-refractivity contribution in [3.63, 3.8) is 0 Å². The van der Waals surface area contributed by atoms with Crippen molar-refractivity contribution in [3.05, 3.63) is 23.0 Å². The van der Waals surface area contributed by atoms with E-state index in [4.69, 9.17) is 9.84 Å². The minimum absolute atomic E-state index is 0.0947. The Morgan fingerprint density at radius 3 is 2.63 bits per heavy atom. The summed E-state index contributed by atoms with van der Waals surface area (Å²) in [5.41, 5.74) is 3.26. The molecule has 0 spiro atoms. The number of nitrogens with one attached hydrogen (secondary N) is 1. The molecule has 0 fully saturated rings. The zero-order valence-corrected chi connectivity index (χ0v) is 12.7. The van der Waals surface area contributed by atoms with E-state index in [-0.39, 0.29) is 12.0 Å². The van der Waals surface area contributed by atoms with E-state index in [1.54, 1.807) is 7.11 Å². The van der Waals surface area contributed by atoms with E-state index in [1.165, 1.54) is 0 Å². The average Bonchev–Trinajstić information content (AvgIpc) is 2.32. The molecule has 0 aliphatic rings. The van der Waals surface area contributed by atoms with Crippen molar-refractivity contribution in [1.82, 2.24) is 10.3 Å². The van der Waals surface area contributed by atoms with Gasteiger partial charge in [-0.05, 0) is 25.7 Å². The Morgan fingerprint density at radius 1 is 1.37 bits per heavy atom. The second kappa shape index (κ2) is 6.87. The van der Waals surface area contributed by atoms with Gasteiger partial charge in [0.15, 0.2) is 0 Å². The molecule has 0 aromatic carbocycles. The molecule has 4 heteroatoms. The molecule has 108 valence electrons. The van der Waals surface area contributed by atoms with Crippen LogP contribution in [0.2, 0.25) is 0 Å². The van der Waals surface area contributed by atoms with E-state index in [0.29, 0.717) is 0 Å². The van der Waals surface area contributed by atoms with Crippen LogP contribution in [0.1, 0.15) is 37.1 Å². The third kappa shape index (κ3) is 4.48. The van der Waals surface area contributed by atoms with E-state index in [0.717, 1.165) is 42.1 Å². The highest BCUT2D eigenvalue weighted by molar-refractivity contribution is 5.40. The van der Waals surface area contributed by atoms with Gasteiger partial charge < -0.3 is 15.2 Å². The van der Waals surface area contributed by atoms with Gasteiger partial charge in [0.1, 0.15) is 5.75 Å². The number of aliphatic hydroxyl groups is 1. The standard InChI is InChI=1S/C15H26N2O2/c1-11-8-17-13(12(2)14(11)19-5)9-16-10-15(3,4)6-7-18/h8,16,18H,6-7,9-10H2,1-5H3. The molecule has 1 heterocycles. The Kier molecular flexibility index (Phi) is 5.76. The van der Waals surface area contributed by atoms with Crippen molar-refractivity contribution < 1.29 is 9.84 Å². The highest BCUT2D eigenvalue weighted by Gasteiger charge is 2.17. The molecule has 19 heavy (non-hydrogen) atoms. The Balaban J connectivity index is 2.64. The second-order valence-electron chi connectivity index (χ2n) is 5.79. The van der Waals surface area contributed by atoms with Crippen molar-refractivity contribution in [2.24, 2.45) is 5.41 Å². The Bertz CT molecular complexity index is 417. The van der Waals surface area contributed by atoms with Gasteiger partial charge in [0.25, 0.3) is 0 Å². The van der Waals surface area contributed by atoms with Crippen molar-refractivity contribution in [3.8, 4) is 5.75 Å². The summed E-state index contributed by atoms with van der Waals surface area (Å²) in [5, 5.41) is 12.4. The van der Waals surface area contributed by atoms with Crippen LogP contribution >= 0.6 is 0 Å². The Labute approximate surface area is 116 Å². The molecule has 1 aromatic heterocycles. The van der Waals surface area contributed by atoms with Crippen LogP contribution in [0.15, 0.2) is 6.20 Å². The summed E-state index contributed by atoms with van der Waals surface area (Å²) < 4.78 is 5.40. The molecule has 0 unspecified atom stereocenters. The molecule has 0 bridgehead atoms. The highest BCUT2D eigenvalue weighted by atomic mass is 16.5. The smallest absolute Gasteiger partial charge is 0.128 e. The maximum absolute atomic E-state index is 9.00. The number of hydrogen-bond acceptors (Lipinski definition) is 4. The summed E-state index contributed by atoms with van der Waals surface area (Å²) >= 11 is 0. The summed E-state index contributed by atoms with van der Waals surface area (Å²) in [7, 11) is 1.69. The molecule has 0 aliphatic heterocycles. The maximum Gasteiger partial charge on any atom is 0.128 e. The number of hydrogen-bond donors (Lipinski definition) is 2. The van der Waals surface area contributed by atoms with Crippen LogP contribution in [0.25, 0.3) is 0 Å². The van der Waals surface area contributed by atoms with Crippen LogP contribution in [0.4, 0.5) is 0 Å². The molecular formula is C15H26N2O2. The fourth-order valence-electron chi connectivity index (χ4n) is 2.16. The van der Waals surface area contributed by atoms with Crippen LogP contribution in [0.3, 0.4) is 0 Å². The molecule has 0 amide bonds. The zero-order chi connectivity index (χ0) is 14.5. The van der Waals surface area contributed by atoms with E-state index in [2.05, 4.69) is 24.1 Å². The average molecular weight is 266 g/mol. The van der Waals surface area contributed by atoms with Gasteiger partial charge in [-0.3, -0.25) is 4.98 Å². The van der Waals surface area contributed by atoms with Crippen LogP contribution in [0, 0.1) is 19.3 Å². The highest BCUT2D eigenvalue weighted by Crippen LogP contribution is 2.24. The van der Waals surface area contributed by atoms with Gasteiger partial charge in [-0.1, -0.05) is 13.8 Å². The van der Waals surface area contributed by atoms with Gasteiger partial charge in [0, 0.05) is 37.0 Å². The van der Waals surface area contributed by atoms with Crippen LogP contribution in [-0.4, -0.2) is 30.4 Å². The molecule has 1 aromatic rings. The third-order valence-corrected chi connectivity index (χ3v) is 3.43. The number of methoxy groups -OCH3 is 1. The normalized spacial score (nSPS) is 11.7.